The zero-order valence-electron chi connectivity index (χ0n) is 15.2. The smallest absolute Gasteiger partial charge is 0.325 e. The van der Waals surface area contributed by atoms with Crippen LogP contribution >= 0.6 is 11.6 Å². The van der Waals surface area contributed by atoms with E-state index in [1.165, 1.54) is 7.11 Å². The Morgan fingerprint density at radius 1 is 1.26 bits per heavy atom. The van der Waals surface area contributed by atoms with Crippen molar-refractivity contribution in [1.82, 2.24) is 9.88 Å². The summed E-state index contributed by atoms with van der Waals surface area (Å²) in [4.78, 5) is 11.6. The van der Waals surface area contributed by atoms with Gasteiger partial charge in [0.25, 0.3) is 0 Å². The van der Waals surface area contributed by atoms with Crippen LogP contribution < -0.4 is 5.32 Å². The molecule has 0 saturated heterocycles. The quantitative estimate of drug-likeness (QED) is 0.460. The molecule has 0 bridgehead atoms. The highest BCUT2D eigenvalue weighted by molar-refractivity contribution is 6.30. The molecule has 0 radical (unpaired) electrons. The number of fused-ring (bicyclic) bond motifs is 1. The average Bonchev–Trinajstić information content (AvgIpc) is 3.02. The average molecular weight is 387 g/mol. The minimum absolute atomic E-state index is 0.192. The monoisotopic (exact) mass is 386 g/mol. The number of aromatic nitrogens is 1. The van der Waals surface area contributed by atoms with Gasteiger partial charge in [-0.2, -0.15) is 0 Å². The molecule has 1 atom stereocenters. The summed E-state index contributed by atoms with van der Waals surface area (Å²) in [5.41, 5.74) is 2.96. The molecule has 6 heteroatoms. The number of carbonyl (C=O) groups is 1. The molecule has 0 fully saturated rings. The molecule has 142 valence electrons. The van der Waals surface area contributed by atoms with Gasteiger partial charge in [-0.05, 0) is 42.3 Å². The molecule has 1 aromatic heterocycles. The maximum Gasteiger partial charge on any atom is 0.325 e. The highest BCUT2D eigenvalue weighted by atomic mass is 35.5. The lowest BCUT2D eigenvalue weighted by Gasteiger charge is -2.12. The molecule has 3 rings (SSSR count). The second-order valence-corrected chi connectivity index (χ2v) is 6.84. The molecule has 27 heavy (non-hydrogen) atoms. The van der Waals surface area contributed by atoms with Crippen LogP contribution in [0.25, 0.3) is 10.9 Å². The molecule has 0 saturated carbocycles. The maximum atomic E-state index is 11.6. The summed E-state index contributed by atoms with van der Waals surface area (Å²) >= 11 is 5.97. The van der Waals surface area contributed by atoms with Gasteiger partial charge < -0.3 is 19.7 Å². The number of hydrogen-bond acceptors (Lipinski definition) is 4. The Balaban J connectivity index is 1.61. The fourth-order valence-electron chi connectivity index (χ4n) is 3.15. The number of rotatable bonds is 8. The van der Waals surface area contributed by atoms with Gasteiger partial charge >= 0.3 is 5.97 Å². The molecule has 0 spiro atoms. The van der Waals surface area contributed by atoms with Gasteiger partial charge in [0.05, 0.1) is 13.2 Å². The molecule has 1 heterocycles. The van der Waals surface area contributed by atoms with Crippen LogP contribution in [-0.2, 0) is 22.5 Å². The van der Waals surface area contributed by atoms with Crippen molar-refractivity contribution >= 4 is 28.5 Å². The predicted molar refractivity (Wildman–Crippen MR) is 107 cm³/mol. The van der Waals surface area contributed by atoms with Crippen LogP contribution in [0.15, 0.2) is 54.7 Å². The van der Waals surface area contributed by atoms with E-state index in [-0.39, 0.29) is 12.5 Å². The third kappa shape index (κ3) is 4.89. The minimum Gasteiger partial charge on any atom is -0.468 e. The Morgan fingerprint density at radius 2 is 2.07 bits per heavy atom. The summed E-state index contributed by atoms with van der Waals surface area (Å²) in [5, 5.41) is 15.3. The molecule has 2 aromatic carbocycles. The first-order valence-corrected chi connectivity index (χ1v) is 9.24. The second kappa shape index (κ2) is 9.04. The van der Waals surface area contributed by atoms with Gasteiger partial charge in [0.1, 0.15) is 6.54 Å². The third-order valence-corrected chi connectivity index (χ3v) is 4.78. The van der Waals surface area contributed by atoms with Gasteiger partial charge in [-0.15, -0.1) is 0 Å². The first kappa shape index (κ1) is 19.4. The van der Waals surface area contributed by atoms with Crippen molar-refractivity contribution in [1.29, 1.82) is 0 Å². The number of para-hydroxylation sites is 1. The Hall–Kier alpha value is -2.34. The van der Waals surface area contributed by atoms with Crippen molar-refractivity contribution in [3.8, 4) is 0 Å². The van der Waals surface area contributed by atoms with Crippen molar-refractivity contribution < 1.29 is 14.6 Å². The van der Waals surface area contributed by atoms with Crippen LogP contribution in [0.4, 0.5) is 0 Å². The van der Waals surface area contributed by atoms with Gasteiger partial charge in [0.15, 0.2) is 0 Å². The normalized spacial score (nSPS) is 12.3. The van der Waals surface area contributed by atoms with Gasteiger partial charge in [-0.3, -0.25) is 4.79 Å². The maximum absolute atomic E-state index is 11.6. The molecular formula is C21H23ClN2O3. The first-order valence-electron chi connectivity index (χ1n) is 8.86. The lowest BCUT2D eigenvalue weighted by Crippen LogP contribution is -2.23. The van der Waals surface area contributed by atoms with Crippen LogP contribution in [0.5, 0.6) is 0 Å². The highest BCUT2D eigenvalue weighted by Gasteiger charge is 2.12. The SMILES string of the molecule is COC(=O)Cn1cc(CCNCC(O)c2cccc(Cl)c2)c2ccccc21. The van der Waals surface area contributed by atoms with E-state index in [4.69, 9.17) is 16.3 Å². The molecule has 2 N–H and O–H groups in total. The van der Waals surface area contributed by atoms with Gasteiger partial charge in [-0.1, -0.05) is 41.9 Å². The van der Waals surface area contributed by atoms with Crippen LogP contribution in [0.1, 0.15) is 17.2 Å². The zero-order chi connectivity index (χ0) is 19.2. The Bertz CT molecular complexity index is 923. The van der Waals surface area contributed by atoms with E-state index < -0.39 is 6.10 Å². The Kier molecular flexibility index (Phi) is 6.50. The van der Waals surface area contributed by atoms with Crippen molar-refractivity contribution in [3.05, 3.63) is 70.9 Å². The van der Waals surface area contributed by atoms with Crippen LogP contribution in [0, 0.1) is 0 Å². The summed E-state index contributed by atoms with van der Waals surface area (Å²) in [6, 6.07) is 15.3. The Morgan fingerprint density at radius 3 is 2.85 bits per heavy atom. The zero-order valence-corrected chi connectivity index (χ0v) is 15.9. The summed E-state index contributed by atoms with van der Waals surface area (Å²) in [6.07, 6.45) is 2.18. The molecule has 0 aliphatic carbocycles. The van der Waals surface area contributed by atoms with Crippen molar-refractivity contribution in [2.75, 3.05) is 20.2 Å². The Labute approximate surface area is 163 Å². The molecule has 1 unspecified atom stereocenters. The third-order valence-electron chi connectivity index (χ3n) is 4.54. The van der Waals surface area contributed by atoms with Crippen molar-refractivity contribution in [2.24, 2.45) is 0 Å². The van der Waals surface area contributed by atoms with Crippen LogP contribution in [0.2, 0.25) is 5.02 Å². The second-order valence-electron chi connectivity index (χ2n) is 6.40. The van der Waals surface area contributed by atoms with Gasteiger partial charge in [0.2, 0.25) is 0 Å². The molecule has 0 aliphatic heterocycles. The molecule has 3 aromatic rings. The van der Waals surface area contributed by atoms with E-state index in [0.717, 1.165) is 28.5 Å². The largest absolute Gasteiger partial charge is 0.468 e. The summed E-state index contributed by atoms with van der Waals surface area (Å²) in [5.74, 6) is -0.273. The molecular weight excluding hydrogens is 364 g/mol. The summed E-state index contributed by atoms with van der Waals surface area (Å²) in [6.45, 7) is 1.35. The van der Waals surface area contributed by atoms with Crippen LogP contribution in [-0.4, -0.2) is 35.8 Å². The number of esters is 1. The lowest BCUT2D eigenvalue weighted by molar-refractivity contribution is -0.141. The van der Waals surface area contributed by atoms with Crippen LogP contribution in [0.3, 0.4) is 0 Å². The fourth-order valence-corrected chi connectivity index (χ4v) is 3.35. The number of methoxy groups -OCH3 is 1. The topological polar surface area (TPSA) is 63.5 Å². The fraction of sp³-hybridized carbons (Fsp3) is 0.286. The number of aliphatic hydroxyl groups is 1. The minimum atomic E-state index is -0.607. The summed E-state index contributed by atoms with van der Waals surface area (Å²) in [7, 11) is 1.39. The number of benzene rings is 2. The number of carbonyl (C=O) groups excluding carboxylic acids is 1. The molecule has 0 aliphatic rings. The number of nitrogens with zero attached hydrogens (tertiary/aromatic N) is 1. The number of aliphatic hydroxyl groups excluding tert-OH is 1. The van der Waals surface area contributed by atoms with E-state index in [9.17, 15) is 9.90 Å². The van der Waals surface area contributed by atoms with E-state index >= 15 is 0 Å². The molecule has 0 amide bonds. The van der Waals surface area contributed by atoms with Gasteiger partial charge in [-0.25, -0.2) is 0 Å². The number of nitrogens with one attached hydrogen (secondary N) is 1. The van der Waals surface area contributed by atoms with E-state index in [0.29, 0.717) is 18.1 Å². The molecule has 5 nitrogen and oxygen atoms in total. The van der Waals surface area contributed by atoms with Gasteiger partial charge in [0, 0.05) is 28.7 Å². The highest BCUT2D eigenvalue weighted by Crippen LogP contribution is 2.22. The predicted octanol–water partition coefficient (Wildman–Crippen LogP) is 3.33. The number of hydrogen-bond donors (Lipinski definition) is 2. The van der Waals surface area contributed by atoms with Crippen molar-refractivity contribution in [2.45, 2.75) is 19.1 Å². The van der Waals surface area contributed by atoms with E-state index in [2.05, 4.69) is 11.4 Å². The van der Waals surface area contributed by atoms with E-state index in [1.807, 2.05) is 41.1 Å². The number of halogens is 1. The first-order chi connectivity index (χ1) is 13.1. The van der Waals surface area contributed by atoms with E-state index in [1.54, 1.807) is 12.1 Å². The number of ether oxygens (including phenoxy) is 1. The lowest BCUT2D eigenvalue weighted by atomic mass is 10.1. The standard InChI is InChI=1S/C21H23ClN2O3/c1-27-21(26)14-24-13-16(18-7-2-3-8-19(18)24)9-10-23-12-20(25)15-5-4-6-17(22)11-15/h2-8,11,13,20,23,25H,9-10,12,14H2,1H3. The summed E-state index contributed by atoms with van der Waals surface area (Å²) < 4.78 is 6.69. The van der Waals surface area contributed by atoms with Crippen molar-refractivity contribution in [3.63, 3.8) is 0 Å².